The van der Waals surface area contributed by atoms with Gasteiger partial charge in [-0.3, -0.25) is 19.7 Å². The number of hydrogen-bond donors (Lipinski definition) is 2. The van der Waals surface area contributed by atoms with Crippen LogP contribution in [0.3, 0.4) is 0 Å². The van der Waals surface area contributed by atoms with Gasteiger partial charge in [-0.2, -0.15) is 5.10 Å². The lowest BCUT2D eigenvalue weighted by Crippen LogP contribution is -2.48. The monoisotopic (exact) mass is 455 g/mol. The van der Waals surface area contributed by atoms with Gasteiger partial charge in [0, 0.05) is 31.3 Å². The molecule has 2 aromatic carbocycles. The molecule has 0 saturated carbocycles. The minimum Gasteiger partial charge on any atom is -0.454 e. The minimum atomic E-state index is -0.856. The molecule has 2 N–H and O–H groups in total. The van der Waals surface area contributed by atoms with Crippen molar-refractivity contribution in [3.8, 4) is 11.5 Å². The Morgan fingerprint density at radius 1 is 1.15 bits per heavy atom. The van der Waals surface area contributed by atoms with Crippen molar-refractivity contribution in [1.29, 1.82) is 0 Å². The Bertz CT molecular complexity index is 1100. The number of ether oxygens (including phenoxy) is 2. The number of carbonyl (C=O) groups is 2. The van der Waals surface area contributed by atoms with Gasteiger partial charge < -0.3 is 19.7 Å². The predicted octanol–water partition coefficient (Wildman–Crippen LogP) is 2.29. The molecule has 2 amide bonds. The first-order valence-electron chi connectivity index (χ1n) is 10.2. The van der Waals surface area contributed by atoms with Crippen molar-refractivity contribution >= 4 is 29.4 Å². The van der Waals surface area contributed by atoms with E-state index in [2.05, 4.69) is 15.8 Å². The van der Waals surface area contributed by atoms with E-state index in [1.807, 2.05) is 0 Å². The maximum absolute atomic E-state index is 12.7. The number of amides is 2. The Kier molecular flexibility index (Phi) is 7.11. The number of rotatable bonds is 8. The van der Waals surface area contributed by atoms with Crippen LogP contribution in [-0.2, 0) is 4.79 Å². The Hall–Kier alpha value is -4.15. The first-order valence-corrected chi connectivity index (χ1v) is 10.2. The van der Waals surface area contributed by atoms with E-state index < -0.39 is 22.8 Å². The average Bonchev–Trinajstić information content (AvgIpc) is 3.24. The van der Waals surface area contributed by atoms with Crippen molar-refractivity contribution in [2.24, 2.45) is 11.0 Å². The van der Waals surface area contributed by atoms with E-state index in [1.165, 1.54) is 12.3 Å². The van der Waals surface area contributed by atoms with E-state index >= 15 is 0 Å². The Balaban J connectivity index is 1.67. The smallest absolute Gasteiger partial charge is 0.293 e. The van der Waals surface area contributed by atoms with E-state index in [9.17, 15) is 19.7 Å². The lowest BCUT2D eigenvalue weighted by molar-refractivity contribution is -0.384. The number of benzene rings is 2. The molecule has 0 spiro atoms. The number of hydrazone groups is 1. The van der Waals surface area contributed by atoms with Crippen LogP contribution >= 0.6 is 0 Å². The third-order valence-corrected chi connectivity index (χ3v) is 4.94. The summed E-state index contributed by atoms with van der Waals surface area (Å²) in [6, 6.07) is 8.53. The molecule has 0 fully saturated rings. The van der Waals surface area contributed by atoms with Gasteiger partial charge >= 0.3 is 0 Å². The molecule has 0 saturated heterocycles. The highest BCUT2D eigenvalue weighted by molar-refractivity contribution is 5.98. The molecular formula is C22H25N5O6. The molecule has 0 aliphatic carbocycles. The summed E-state index contributed by atoms with van der Waals surface area (Å²) < 4.78 is 10.5. The molecule has 33 heavy (non-hydrogen) atoms. The summed E-state index contributed by atoms with van der Waals surface area (Å²) in [7, 11) is 3.42. The number of nitro groups is 1. The number of anilines is 1. The lowest BCUT2D eigenvalue weighted by atomic mass is 10.0. The summed E-state index contributed by atoms with van der Waals surface area (Å²) in [5.74, 6) is -0.167. The van der Waals surface area contributed by atoms with Crippen LogP contribution in [0.5, 0.6) is 11.5 Å². The van der Waals surface area contributed by atoms with Crippen LogP contribution in [0.4, 0.5) is 11.4 Å². The van der Waals surface area contributed by atoms with Gasteiger partial charge in [0.1, 0.15) is 11.7 Å². The maximum atomic E-state index is 12.7. The Morgan fingerprint density at radius 3 is 2.55 bits per heavy atom. The van der Waals surface area contributed by atoms with Crippen LogP contribution in [0.15, 0.2) is 41.5 Å². The Labute approximate surface area is 190 Å². The highest BCUT2D eigenvalue weighted by Gasteiger charge is 2.25. The fraction of sp³-hybridized carbons (Fsp3) is 0.318. The van der Waals surface area contributed by atoms with Gasteiger partial charge in [-0.1, -0.05) is 19.9 Å². The van der Waals surface area contributed by atoms with E-state index in [4.69, 9.17) is 9.47 Å². The summed E-state index contributed by atoms with van der Waals surface area (Å²) in [5, 5.41) is 17.9. The second-order valence-corrected chi connectivity index (χ2v) is 7.90. The second kappa shape index (κ2) is 9.98. The lowest BCUT2D eigenvalue weighted by Gasteiger charge is -2.20. The Morgan fingerprint density at radius 2 is 1.88 bits per heavy atom. The summed E-state index contributed by atoms with van der Waals surface area (Å²) in [4.78, 5) is 37.8. The molecule has 1 aliphatic heterocycles. The van der Waals surface area contributed by atoms with E-state index in [0.717, 1.165) is 0 Å². The van der Waals surface area contributed by atoms with Gasteiger partial charge in [0.2, 0.25) is 6.79 Å². The minimum absolute atomic E-state index is 0.0775. The first kappa shape index (κ1) is 23.5. The number of nitrogens with one attached hydrogen (secondary N) is 2. The van der Waals surface area contributed by atoms with E-state index in [1.54, 1.807) is 63.2 Å². The van der Waals surface area contributed by atoms with Crippen LogP contribution in [0.25, 0.3) is 0 Å². The highest BCUT2D eigenvalue weighted by atomic mass is 16.7. The van der Waals surface area contributed by atoms with E-state index in [-0.39, 0.29) is 18.4 Å². The quantitative estimate of drug-likeness (QED) is 0.354. The van der Waals surface area contributed by atoms with Gasteiger partial charge in [0.25, 0.3) is 17.5 Å². The van der Waals surface area contributed by atoms with Crippen LogP contribution in [0.1, 0.15) is 29.8 Å². The summed E-state index contributed by atoms with van der Waals surface area (Å²) in [6.45, 7) is 3.67. The van der Waals surface area contributed by atoms with Crippen LogP contribution in [0, 0.1) is 16.0 Å². The number of nitro benzene ring substituents is 1. The van der Waals surface area contributed by atoms with Crippen LogP contribution < -0.4 is 25.1 Å². The van der Waals surface area contributed by atoms with Crippen molar-refractivity contribution in [3.63, 3.8) is 0 Å². The van der Waals surface area contributed by atoms with Crippen molar-refractivity contribution in [3.05, 3.63) is 57.6 Å². The molecule has 11 nitrogen and oxygen atoms in total. The third kappa shape index (κ3) is 5.56. The molecule has 1 unspecified atom stereocenters. The SMILES string of the molecule is CC(C)C(NC(=O)c1ccc2c(c1)OCO2)C(=O)NN=Cc1ccc(N(C)C)c([N+](=O)[O-])c1. The molecule has 1 heterocycles. The van der Waals surface area contributed by atoms with Crippen molar-refractivity contribution in [2.45, 2.75) is 19.9 Å². The summed E-state index contributed by atoms with van der Waals surface area (Å²) in [5.41, 5.74) is 3.53. The van der Waals surface area contributed by atoms with Crippen molar-refractivity contribution in [2.75, 3.05) is 25.8 Å². The molecule has 174 valence electrons. The molecule has 3 rings (SSSR count). The molecule has 0 bridgehead atoms. The third-order valence-electron chi connectivity index (χ3n) is 4.94. The fourth-order valence-electron chi connectivity index (χ4n) is 3.18. The number of carbonyl (C=O) groups excluding carboxylic acids is 2. The standard InChI is InChI=1S/C22H25N5O6/c1-13(2)20(24-21(28)15-6-8-18-19(10-15)33-12-32-18)22(29)25-23-11-14-5-7-16(26(3)4)17(9-14)27(30)31/h5-11,13,20H,12H2,1-4H3,(H,24,28)(H,25,29). The summed E-state index contributed by atoms with van der Waals surface area (Å²) in [6.07, 6.45) is 1.31. The van der Waals surface area contributed by atoms with Gasteiger partial charge in [-0.05, 0) is 30.2 Å². The number of nitrogens with zero attached hydrogens (tertiary/aromatic N) is 3. The van der Waals surface area contributed by atoms with Gasteiger partial charge in [-0.25, -0.2) is 5.43 Å². The molecule has 0 radical (unpaired) electrons. The fourth-order valence-corrected chi connectivity index (χ4v) is 3.18. The van der Waals surface area contributed by atoms with E-state index in [0.29, 0.717) is 28.3 Å². The molecular weight excluding hydrogens is 430 g/mol. The van der Waals surface area contributed by atoms with Crippen LogP contribution in [-0.4, -0.2) is 49.9 Å². The normalized spacial score (nSPS) is 13.1. The number of hydrogen-bond acceptors (Lipinski definition) is 8. The van der Waals surface area contributed by atoms with Crippen LogP contribution in [0.2, 0.25) is 0 Å². The zero-order valence-electron chi connectivity index (χ0n) is 18.7. The second-order valence-electron chi connectivity index (χ2n) is 7.90. The zero-order valence-corrected chi connectivity index (χ0v) is 18.7. The van der Waals surface area contributed by atoms with Crippen molar-refractivity contribution < 1.29 is 24.0 Å². The molecule has 11 heteroatoms. The molecule has 2 aromatic rings. The zero-order chi connectivity index (χ0) is 24.1. The van der Waals surface area contributed by atoms with Gasteiger partial charge in [0.15, 0.2) is 11.5 Å². The van der Waals surface area contributed by atoms with Gasteiger partial charge in [0.05, 0.1) is 11.1 Å². The topological polar surface area (TPSA) is 135 Å². The average molecular weight is 455 g/mol. The first-order chi connectivity index (χ1) is 15.7. The predicted molar refractivity (Wildman–Crippen MR) is 122 cm³/mol. The maximum Gasteiger partial charge on any atom is 0.293 e. The molecule has 1 atom stereocenters. The molecule has 0 aromatic heterocycles. The summed E-state index contributed by atoms with van der Waals surface area (Å²) >= 11 is 0. The van der Waals surface area contributed by atoms with Crippen molar-refractivity contribution in [1.82, 2.24) is 10.7 Å². The largest absolute Gasteiger partial charge is 0.454 e. The highest BCUT2D eigenvalue weighted by Crippen LogP contribution is 2.32. The van der Waals surface area contributed by atoms with Gasteiger partial charge in [-0.15, -0.1) is 0 Å². The molecule has 1 aliphatic rings. The number of fused-ring (bicyclic) bond motifs is 1.